The van der Waals surface area contributed by atoms with Crippen LogP contribution in [0.3, 0.4) is 0 Å². The van der Waals surface area contributed by atoms with Gasteiger partial charge in [-0.25, -0.2) is 4.39 Å². The molecule has 17 heavy (non-hydrogen) atoms. The van der Waals surface area contributed by atoms with Crippen molar-refractivity contribution >= 4 is 11.6 Å². The van der Waals surface area contributed by atoms with Crippen molar-refractivity contribution in [3.63, 3.8) is 0 Å². The van der Waals surface area contributed by atoms with Crippen LogP contribution in [0.1, 0.15) is 51.1 Å². The zero-order valence-corrected chi connectivity index (χ0v) is 11.4. The van der Waals surface area contributed by atoms with Gasteiger partial charge in [0.2, 0.25) is 0 Å². The Labute approximate surface area is 108 Å². The first kappa shape index (κ1) is 14.5. The SMILES string of the molecule is CCCCCCNC(C)c1ccc(Cl)c(F)c1. The minimum absolute atomic E-state index is 0.170. The van der Waals surface area contributed by atoms with Gasteiger partial charge in [0.1, 0.15) is 5.82 Å². The highest BCUT2D eigenvalue weighted by Crippen LogP contribution is 2.20. The van der Waals surface area contributed by atoms with Crippen molar-refractivity contribution in [3.05, 3.63) is 34.6 Å². The molecule has 1 N–H and O–H groups in total. The third-order valence-electron chi connectivity index (χ3n) is 2.92. The van der Waals surface area contributed by atoms with Gasteiger partial charge in [0.25, 0.3) is 0 Å². The van der Waals surface area contributed by atoms with Crippen molar-refractivity contribution in [1.29, 1.82) is 0 Å². The molecule has 0 fully saturated rings. The Bertz CT molecular complexity index is 341. The molecule has 0 bridgehead atoms. The van der Waals surface area contributed by atoms with Crippen LogP contribution in [-0.4, -0.2) is 6.54 Å². The van der Waals surface area contributed by atoms with Gasteiger partial charge in [-0.3, -0.25) is 0 Å². The molecule has 0 aliphatic heterocycles. The Balaban J connectivity index is 2.36. The fraction of sp³-hybridized carbons (Fsp3) is 0.571. The van der Waals surface area contributed by atoms with Crippen molar-refractivity contribution in [1.82, 2.24) is 5.32 Å². The summed E-state index contributed by atoms with van der Waals surface area (Å²) in [5.41, 5.74) is 0.947. The number of rotatable bonds is 7. The molecule has 0 heterocycles. The Morgan fingerprint density at radius 3 is 2.71 bits per heavy atom. The van der Waals surface area contributed by atoms with E-state index in [0.717, 1.165) is 12.1 Å². The van der Waals surface area contributed by atoms with Crippen molar-refractivity contribution in [2.75, 3.05) is 6.54 Å². The fourth-order valence-corrected chi connectivity index (χ4v) is 1.89. The van der Waals surface area contributed by atoms with Gasteiger partial charge in [-0.15, -0.1) is 0 Å². The number of unbranched alkanes of at least 4 members (excludes halogenated alkanes) is 3. The summed E-state index contributed by atoms with van der Waals surface area (Å²) in [7, 11) is 0. The zero-order valence-electron chi connectivity index (χ0n) is 10.6. The normalized spacial score (nSPS) is 12.7. The molecular weight excluding hydrogens is 237 g/mol. The van der Waals surface area contributed by atoms with E-state index in [1.54, 1.807) is 6.07 Å². The van der Waals surface area contributed by atoms with Crippen LogP contribution in [0.5, 0.6) is 0 Å². The highest BCUT2D eigenvalue weighted by atomic mass is 35.5. The third-order valence-corrected chi connectivity index (χ3v) is 3.23. The zero-order chi connectivity index (χ0) is 12.7. The lowest BCUT2D eigenvalue weighted by Crippen LogP contribution is -2.19. The molecule has 0 saturated carbocycles. The van der Waals surface area contributed by atoms with Crippen LogP contribution in [0, 0.1) is 5.82 Å². The van der Waals surface area contributed by atoms with Gasteiger partial charge in [-0.05, 0) is 37.6 Å². The van der Waals surface area contributed by atoms with E-state index in [4.69, 9.17) is 11.6 Å². The maximum Gasteiger partial charge on any atom is 0.142 e. The molecule has 0 aliphatic carbocycles. The van der Waals surface area contributed by atoms with Gasteiger partial charge >= 0.3 is 0 Å². The van der Waals surface area contributed by atoms with Crippen LogP contribution in [0.4, 0.5) is 4.39 Å². The van der Waals surface area contributed by atoms with Crippen LogP contribution in [0.25, 0.3) is 0 Å². The van der Waals surface area contributed by atoms with E-state index in [1.165, 1.54) is 31.7 Å². The van der Waals surface area contributed by atoms with Gasteiger partial charge in [-0.2, -0.15) is 0 Å². The maximum atomic E-state index is 13.3. The first-order valence-corrected chi connectivity index (χ1v) is 6.71. The number of halogens is 2. The smallest absolute Gasteiger partial charge is 0.142 e. The molecule has 0 saturated heterocycles. The van der Waals surface area contributed by atoms with Crippen LogP contribution in [0.15, 0.2) is 18.2 Å². The number of nitrogens with one attached hydrogen (secondary N) is 1. The van der Waals surface area contributed by atoms with E-state index in [-0.39, 0.29) is 16.9 Å². The van der Waals surface area contributed by atoms with Crippen LogP contribution < -0.4 is 5.32 Å². The van der Waals surface area contributed by atoms with E-state index in [2.05, 4.69) is 12.2 Å². The first-order chi connectivity index (χ1) is 8.15. The quantitative estimate of drug-likeness (QED) is 0.698. The lowest BCUT2D eigenvalue weighted by molar-refractivity contribution is 0.532. The Hall–Kier alpha value is -0.600. The molecule has 0 spiro atoms. The number of hydrogen-bond acceptors (Lipinski definition) is 1. The van der Waals surface area contributed by atoms with Gasteiger partial charge < -0.3 is 5.32 Å². The largest absolute Gasteiger partial charge is 0.310 e. The molecule has 1 unspecified atom stereocenters. The van der Waals surface area contributed by atoms with E-state index in [1.807, 2.05) is 13.0 Å². The summed E-state index contributed by atoms with van der Waals surface area (Å²) in [5, 5.41) is 3.58. The molecule has 1 aromatic rings. The average molecular weight is 258 g/mol. The summed E-state index contributed by atoms with van der Waals surface area (Å²) in [5.74, 6) is -0.344. The monoisotopic (exact) mass is 257 g/mol. The Kier molecular flexibility index (Phi) is 6.53. The first-order valence-electron chi connectivity index (χ1n) is 6.33. The Morgan fingerprint density at radius 2 is 2.06 bits per heavy atom. The average Bonchev–Trinajstić information content (AvgIpc) is 2.32. The van der Waals surface area contributed by atoms with Crippen molar-refractivity contribution in [2.45, 2.75) is 45.6 Å². The lowest BCUT2D eigenvalue weighted by Gasteiger charge is -2.14. The summed E-state index contributed by atoms with van der Waals surface area (Å²) in [6, 6.07) is 5.16. The molecule has 96 valence electrons. The number of benzene rings is 1. The topological polar surface area (TPSA) is 12.0 Å². The second-order valence-corrected chi connectivity index (χ2v) is 4.82. The molecule has 0 radical (unpaired) electrons. The third kappa shape index (κ3) is 5.05. The molecule has 3 heteroatoms. The standard InChI is InChI=1S/C14H21ClFN/c1-3-4-5-6-9-17-11(2)12-7-8-13(15)14(16)10-12/h7-8,10-11,17H,3-6,9H2,1-2H3. The van der Waals surface area contributed by atoms with Gasteiger partial charge in [0, 0.05) is 6.04 Å². The number of hydrogen-bond donors (Lipinski definition) is 1. The summed E-state index contributed by atoms with van der Waals surface area (Å²) >= 11 is 5.65. The molecule has 0 aromatic heterocycles. The van der Waals surface area contributed by atoms with Crippen molar-refractivity contribution in [2.24, 2.45) is 0 Å². The molecule has 0 amide bonds. The van der Waals surface area contributed by atoms with Crippen LogP contribution in [0.2, 0.25) is 5.02 Å². The predicted octanol–water partition coefficient (Wildman–Crippen LogP) is 4.71. The summed E-state index contributed by atoms with van der Waals surface area (Å²) in [6.07, 6.45) is 4.96. The molecular formula is C14H21ClFN. The minimum Gasteiger partial charge on any atom is -0.310 e. The molecule has 1 nitrogen and oxygen atoms in total. The molecule has 1 rings (SSSR count). The highest BCUT2D eigenvalue weighted by molar-refractivity contribution is 6.30. The molecule has 1 aromatic carbocycles. The van der Waals surface area contributed by atoms with Crippen LogP contribution in [-0.2, 0) is 0 Å². The van der Waals surface area contributed by atoms with E-state index in [0.29, 0.717) is 0 Å². The highest BCUT2D eigenvalue weighted by Gasteiger charge is 2.07. The lowest BCUT2D eigenvalue weighted by atomic mass is 10.1. The summed E-state index contributed by atoms with van der Waals surface area (Å²) < 4.78 is 13.3. The second kappa shape index (κ2) is 7.67. The summed E-state index contributed by atoms with van der Waals surface area (Å²) in [6.45, 7) is 5.22. The van der Waals surface area contributed by atoms with Gasteiger partial charge in [-0.1, -0.05) is 43.9 Å². The van der Waals surface area contributed by atoms with E-state index >= 15 is 0 Å². The fourth-order valence-electron chi connectivity index (χ4n) is 1.77. The van der Waals surface area contributed by atoms with E-state index in [9.17, 15) is 4.39 Å². The summed E-state index contributed by atoms with van der Waals surface area (Å²) in [4.78, 5) is 0. The predicted molar refractivity (Wildman–Crippen MR) is 72.0 cm³/mol. The van der Waals surface area contributed by atoms with Crippen molar-refractivity contribution in [3.8, 4) is 0 Å². The minimum atomic E-state index is -0.344. The van der Waals surface area contributed by atoms with Gasteiger partial charge in [0.05, 0.1) is 5.02 Å². The molecule has 0 aliphatic rings. The van der Waals surface area contributed by atoms with Gasteiger partial charge in [0.15, 0.2) is 0 Å². The Morgan fingerprint density at radius 1 is 1.29 bits per heavy atom. The van der Waals surface area contributed by atoms with Crippen LogP contribution >= 0.6 is 11.6 Å². The maximum absolute atomic E-state index is 13.3. The van der Waals surface area contributed by atoms with E-state index < -0.39 is 0 Å². The van der Waals surface area contributed by atoms with Crippen molar-refractivity contribution < 1.29 is 4.39 Å². The molecule has 1 atom stereocenters. The second-order valence-electron chi connectivity index (χ2n) is 4.41.